The topological polar surface area (TPSA) is 72.7 Å². The number of nitrogens with one attached hydrogen (secondary N) is 1. The summed E-state index contributed by atoms with van der Waals surface area (Å²) < 4.78 is 14.6. The first kappa shape index (κ1) is 16.8. The number of halogens is 1. The van der Waals surface area contributed by atoms with Crippen LogP contribution in [0.1, 0.15) is 35.8 Å². The average Bonchev–Trinajstić information content (AvgIpc) is 3.15. The van der Waals surface area contributed by atoms with Crippen LogP contribution in [0.2, 0.25) is 0 Å². The minimum absolute atomic E-state index is 0.150. The number of benzene rings is 2. The molecule has 0 aliphatic rings. The number of nitrogens with zero attached hydrogens (tertiary/aromatic N) is 4. The molecule has 3 aromatic rings. The van der Waals surface area contributed by atoms with Gasteiger partial charge in [0, 0.05) is 5.56 Å². The second-order valence-electron chi connectivity index (χ2n) is 6.05. The van der Waals surface area contributed by atoms with Crippen LogP contribution >= 0.6 is 0 Å². The standard InChI is InChI=1S/C18H18FN5O/c1-12(2)17(13-6-8-15(19)9-7-13)21-18(25)14-4-3-5-16(10-14)24-11-20-22-23-24/h3-12,17H,1-2H3,(H,21,25). The molecule has 0 saturated heterocycles. The van der Waals surface area contributed by atoms with Crippen molar-refractivity contribution in [3.05, 3.63) is 71.8 Å². The maximum Gasteiger partial charge on any atom is 0.251 e. The molecule has 6 nitrogen and oxygen atoms in total. The fourth-order valence-corrected chi connectivity index (χ4v) is 2.60. The normalized spacial score (nSPS) is 12.2. The fourth-order valence-electron chi connectivity index (χ4n) is 2.60. The van der Waals surface area contributed by atoms with Gasteiger partial charge >= 0.3 is 0 Å². The quantitative estimate of drug-likeness (QED) is 0.776. The number of carbonyl (C=O) groups excluding carboxylic acids is 1. The van der Waals surface area contributed by atoms with E-state index in [-0.39, 0.29) is 23.7 Å². The lowest BCUT2D eigenvalue weighted by Gasteiger charge is -2.23. The third kappa shape index (κ3) is 3.88. The number of carbonyl (C=O) groups is 1. The fraction of sp³-hybridized carbons (Fsp3) is 0.222. The van der Waals surface area contributed by atoms with Crippen molar-refractivity contribution in [3.63, 3.8) is 0 Å². The van der Waals surface area contributed by atoms with Gasteiger partial charge in [-0.05, 0) is 52.2 Å². The Bertz CT molecular complexity index is 846. The first-order chi connectivity index (χ1) is 12.0. The van der Waals surface area contributed by atoms with Crippen molar-refractivity contribution in [1.82, 2.24) is 25.5 Å². The van der Waals surface area contributed by atoms with Gasteiger partial charge < -0.3 is 5.32 Å². The summed E-state index contributed by atoms with van der Waals surface area (Å²) in [6.45, 7) is 4.01. The summed E-state index contributed by atoms with van der Waals surface area (Å²) in [7, 11) is 0. The Morgan fingerprint density at radius 1 is 1.16 bits per heavy atom. The average molecular weight is 339 g/mol. The van der Waals surface area contributed by atoms with Crippen molar-refractivity contribution < 1.29 is 9.18 Å². The Kier molecular flexibility index (Phi) is 4.83. The molecule has 0 fully saturated rings. The van der Waals surface area contributed by atoms with Crippen LogP contribution in [0.15, 0.2) is 54.9 Å². The van der Waals surface area contributed by atoms with Crippen LogP contribution in [0.4, 0.5) is 4.39 Å². The van der Waals surface area contributed by atoms with Gasteiger partial charge in [0.2, 0.25) is 0 Å². The van der Waals surface area contributed by atoms with E-state index in [0.717, 1.165) is 5.56 Å². The van der Waals surface area contributed by atoms with Crippen LogP contribution in [0, 0.1) is 11.7 Å². The van der Waals surface area contributed by atoms with E-state index in [1.807, 2.05) is 19.9 Å². The summed E-state index contributed by atoms with van der Waals surface area (Å²) in [6.07, 6.45) is 1.46. The summed E-state index contributed by atoms with van der Waals surface area (Å²) in [5.74, 6) is -0.359. The van der Waals surface area contributed by atoms with Crippen molar-refractivity contribution in [2.24, 2.45) is 5.92 Å². The van der Waals surface area contributed by atoms with Gasteiger partial charge in [0.15, 0.2) is 0 Å². The van der Waals surface area contributed by atoms with Crippen LogP contribution in [0.5, 0.6) is 0 Å². The predicted molar refractivity (Wildman–Crippen MR) is 90.6 cm³/mol. The summed E-state index contributed by atoms with van der Waals surface area (Å²) in [6, 6.07) is 13.0. The van der Waals surface area contributed by atoms with E-state index in [0.29, 0.717) is 11.3 Å². The van der Waals surface area contributed by atoms with Gasteiger partial charge in [-0.1, -0.05) is 32.0 Å². The van der Waals surface area contributed by atoms with Gasteiger partial charge in [0.05, 0.1) is 11.7 Å². The molecule has 25 heavy (non-hydrogen) atoms. The zero-order valence-electron chi connectivity index (χ0n) is 13.9. The number of hydrogen-bond acceptors (Lipinski definition) is 4. The van der Waals surface area contributed by atoms with Crippen LogP contribution in [-0.4, -0.2) is 26.1 Å². The molecular formula is C18H18FN5O. The van der Waals surface area contributed by atoms with Crippen molar-refractivity contribution in [3.8, 4) is 5.69 Å². The molecule has 1 atom stereocenters. The molecule has 0 saturated carbocycles. The third-order valence-corrected chi connectivity index (χ3v) is 3.90. The lowest BCUT2D eigenvalue weighted by atomic mass is 9.95. The van der Waals surface area contributed by atoms with Crippen LogP contribution < -0.4 is 5.32 Å². The lowest BCUT2D eigenvalue weighted by molar-refractivity contribution is 0.0925. The number of hydrogen-bond donors (Lipinski definition) is 1. The van der Waals surface area contributed by atoms with Gasteiger partial charge in [-0.2, -0.15) is 0 Å². The van der Waals surface area contributed by atoms with E-state index >= 15 is 0 Å². The summed E-state index contributed by atoms with van der Waals surface area (Å²) in [5.41, 5.74) is 2.06. The molecule has 1 amide bonds. The predicted octanol–water partition coefficient (Wildman–Crippen LogP) is 2.93. The van der Waals surface area contributed by atoms with E-state index < -0.39 is 0 Å². The molecule has 1 unspecified atom stereocenters. The van der Waals surface area contributed by atoms with E-state index in [2.05, 4.69) is 20.8 Å². The minimum Gasteiger partial charge on any atom is -0.345 e. The van der Waals surface area contributed by atoms with Crippen LogP contribution in [0.3, 0.4) is 0 Å². The highest BCUT2D eigenvalue weighted by Gasteiger charge is 2.19. The van der Waals surface area contributed by atoms with Gasteiger partial charge in [-0.15, -0.1) is 5.10 Å². The van der Waals surface area contributed by atoms with Crippen molar-refractivity contribution in [2.75, 3.05) is 0 Å². The molecule has 1 heterocycles. The number of rotatable bonds is 5. The molecular weight excluding hydrogens is 321 g/mol. The molecule has 0 aliphatic heterocycles. The summed E-state index contributed by atoms with van der Waals surface area (Å²) in [5, 5.41) is 14.0. The Morgan fingerprint density at radius 2 is 1.92 bits per heavy atom. The zero-order valence-corrected chi connectivity index (χ0v) is 13.9. The smallest absolute Gasteiger partial charge is 0.251 e. The maximum absolute atomic E-state index is 13.2. The molecule has 128 valence electrons. The van der Waals surface area contributed by atoms with E-state index in [1.54, 1.807) is 30.3 Å². The maximum atomic E-state index is 13.2. The molecule has 3 rings (SSSR count). The SMILES string of the molecule is CC(C)C(NC(=O)c1cccc(-n2cnnn2)c1)c1ccc(F)cc1. The Morgan fingerprint density at radius 3 is 2.56 bits per heavy atom. The van der Waals surface area contributed by atoms with Crippen molar-refractivity contribution in [2.45, 2.75) is 19.9 Å². The highest BCUT2D eigenvalue weighted by molar-refractivity contribution is 5.95. The molecule has 7 heteroatoms. The number of amides is 1. The van der Waals surface area contributed by atoms with Crippen molar-refractivity contribution >= 4 is 5.91 Å². The van der Waals surface area contributed by atoms with E-state index in [4.69, 9.17) is 0 Å². The van der Waals surface area contributed by atoms with E-state index in [9.17, 15) is 9.18 Å². The largest absolute Gasteiger partial charge is 0.345 e. The number of tetrazole rings is 1. The molecule has 0 spiro atoms. The Balaban J connectivity index is 1.82. The minimum atomic E-state index is -0.299. The Labute approximate surface area is 144 Å². The number of aromatic nitrogens is 4. The molecule has 0 bridgehead atoms. The van der Waals surface area contributed by atoms with Gasteiger partial charge in [0.1, 0.15) is 12.1 Å². The second kappa shape index (κ2) is 7.21. The zero-order chi connectivity index (χ0) is 17.8. The lowest BCUT2D eigenvalue weighted by Crippen LogP contribution is -2.31. The molecule has 0 aliphatic carbocycles. The third-order valence-electron chi connectivity index (χ3n) is 3.90. The summed E-state index contributed by atoms with van der Waals surface area (Å²) in [4.78, 5) is 12.7. The summed E-state index contributed by atoms with van der Waals surface area (Å²) >= 11 is 0. The van der Waals surface area contributed by atoms with Crippen LogP contribution in [0.25, 0.3) is 5.69 Å². The van der Waals surface area contributed by atoms with Crippen LogP contribution in [-0.2, 0) is 0 Å². The van der Waals surface area contributed by atoms with Gasteiger partial charge in [-0.3, -0.25) is 4.79 Å². The molecule has 0 radical (unpaired) electrons. The molecule has 2 aromatic carbocycles. The first-order valence-corrected chi connectivity index (χ1v) is 7.94. The van der Waals surface area contributed by atoms with Crippen molar-refractivity contribution in [1.29, 1.82) is 0 Å². The highest BCUT2D eigenvalue weighted by Crippen LogP contribution is 2.22. The second-order valence-corrected chi connectivity index (χ2v) is 6.05. The van der Waals surface area contributed by atoms with E-state index in [1.165, 1.54) is 23.1 Å². The Hall–Kier alpha value is -3.09. The van der Waals surface area contributed by atoms with Gasteiger partial charge in [-0.25, -0.2) is 9.07 Å². The molecule has 1 N–H and O–H groups in total. The molecule has 1 aromatic heterocycles. The van der Waals surface area contributed by atoms with Gasteiger partial charge in [0.25, 0.3) is 5.91 Å². The highest BCUT2D eigenvalue weighted by atomic mass is 19.1. The monoisotopic (exact) mass is 339 g/mol. The first-order valence-electron chi connectivity index (χ1n) is 7.94.